The van der Waals surface area contributed by atoms with Crippen LogP contribution in [0.4, 0.5) is 0 Å². The molecule has 1 aromatic rings. The molecule has 4 nitrogen and oxygen atoms in total. The second kappa shape index (κ2) is 6.36. The van der Waals surface area contributed by atoms with Crippen molar-refractivity contribution in [2.45, 2.75) is 31.1 Å². The van der Waals surface area contributed by atoms with E-state index in [1.165, 1.54) is 0 Å². The maximum absolute atomic E-state index is 12.4. The third-order valence-electron chi connectivity index (χ3n) is 3.83. The van der Waals surface area contributed by atoms with E-state index >= 15 is 0 Å². The molecule has 0 heterocycles. The molecule has 4 heteroatoms. The van der Waals surface area contributed by atoms with Gasteiger partial charge in [0.05, 0.1) is 5.41 Å². The number of rotatable bonds is 7. The maximum atomic E-state index is 12.4. The molecule has 0 unspecified atom stereocenters. The Kier molecular flexibility index (Phi) is 4.55. The Balaban J connectivity index is 1.91. The Labute approximate surface area is 113 Å². The summed E-state index contributed by atoms with van der Waals surface area (Å²) in [6.07, 6.45) is 4.40. The molecule has 1 aromatic carbocycles. The molecule has 0 aromatic heterocycles. The van der Waals surface area contributed by atoms with Crippen molar-refractivity contribution in [1.82, 2.24) is 10.6 Å². The van der Waals surface area contributed by atoms with Crippen molar-refractivity contribution >= 4 is 12.3 Å². The molecule has 0 bridgehead atoms. The smallest absolute Gasteiger partial charge is 0.230 e. The number of hydrogen-bond donors (Lipinski definition) is 2. The van der Waals surface area contributed by atoms with E-state index in [0.29, 0.717) is 19.5 Å². The summed E-state index contributed by atoms with van der Waals surface area (Å²) in [4.78, 5) is 22.5. The average molecular weight is 260 g/mol. The van der Waals surface area contributed by atoms with Crippen molar-refractivity contribution in [3.63, 3.8) is 0 Å². The Hall–Kier alpha value is -1.84. The first-order valence-corrected chi connectivity index (χ1v) is 6.80. The highest BCUT2D eigenvalue weighted by atomic mass is 16.2. The van der Waals surface area contributed by atoms with Gasteiger partial charge in [-0.25, -0.2) is 0 Å². The van der Waals surface area contributed by atoms with Crippen LogP contribution in [0.1, 0.15) is 31.2 Å². The summed E-state index contributed by atoms with van der Waals surface area (Å²) < 4.78 is 0. The van der Waals surface area contributed by atoms with Gasteiger partial charge in [-0.3, -0.25) is 9.59 Å². The SMILES string of the molecule is O=CNCCCNC(=O)C1(c2ccccc2)CCC1. The number of carbonyl (C=O) groups excluding carboxylic acids is 2. The van der Waals surface area contributed by atoms with Crippen LogP contribution in [0.15, 0.2) is 30.3 Å². The van der Waals surface area contributed by atoms with Crippen molar-refractivity contribution in [3.8, 4) is 0 Å². The lowest BCUT2D eigenvalue weighted by Gasteiger charge is -2.40. The molecule has 19 heavy (non-hydrogen) atoms. The minimum Gasteiger partial charge on any atom is -0.359 e. The minimum atomic E-state index is -0.320. The molecular formula is C15H20N2O2. The van der Waals surface area contributed by atoms with Gasteiger partial charge in [0.15, 0.2) is 0 Å². The lowest BCUT2D eigenvalue weighted by Crippen LogP contribution is -2.49. The standard InChI is InChI=1S/C15H20N2O2/c18-12-16-10-5-11-17-14(19)15(8-4-9-15)13-6-2-1-3-7-13/h1-3,6-7,12H,4-5,8-11H2,(H,16,18)(H,17,19). The number of carbonyl (C=O) groups is 2. The van der Waals surface area contributed by atoms with Crippen LogP contribution in [0.2, 0.25) is 0 Å². The van der Waals surface area contributed by atoms with Gasteiger partial charge in [0, 0.05) is 13.1 Å². The summed E-state index contributed by atoms with van der Waals surface area (Å²) in [5.74, 6) is 0.121. The zero-order valence-electron chi connectivity index (χ0n) is 11.0. The lowest BCUT2D eigenvalue weighted by atomic mass is 9.64. The first-order valence-electron chi connectivity index (χ1n) is 6.80. The number of hydrogen-bond acceptors (Lipinski definition) is 2. The van der Waals surface area contributed by atoms with Crippen molar-refractivity contribution in [3.05, 3.63) is 35.9 Å². The first kappa shape index (κ1) is 13.6. The third kappa shape index (κ3) is 2.95. The summed E-state index contributed by atoms with van der Waals surface area (Å²) in [7, 11) is 0. The zero-order chi connectivity index (χ0) is 13.6. The molecule has 1 saturated carbocycles. The summed E-state index contributed by atoms with van der Waals surface area (Å²) in [6.45, 7) is 1.20. The maximum Gasteiger partial charge on any atom is 0.230 e. The molecule has 1 aliphatic rings. The van der Waals surface area contributed by atoms with Crippen LogP contribution < -0.4 is 10.6 Å². The van der Waals surface area contributed by atoms with Gasteiger partial charge in [0.2, 0.25) is 12.3 Å². The molecular weight excluding hydrogens is 240 g/mol. The van der Waals surface area contributed by atoms with Crippen molar-refractivity contribution < 1.29 is 9.59 Å². The van der Waals surface area contributed by atoms with Gasteiger partial charge in [0.25, 0.3) is 0 Å². The predicted octanol–water partition coefficient (Wildman–Crippen LogP) is 1.36. The second-order valence-corrected chi connectivity index (χ2v) is 4.98. The van der Waals surface area contributed by atoms with Crippen molar-refractivity contribution in [2.75, 3.05) is 13.1 Å². The van der Waals surface area contributed by atoms with E-state index in [0.717, 1.165) is 31.2 Å². The van der Waals surface area contributed by atoms with E-state index in [-0.39, 0.29) is 11.3 Å². The number of benzene rings is 1. The largest absolute Gasteiger partial charge is 0.359 e. The molecule has 0 radical (unpaired) electrons. The highest BCUT2D eigenvalue weighted by Crippen LogP contribution is 2.43. The van der Waals surface area contributed by atoms with Crippen LogP contribution in [0.3, 0.4) is 0 Å². The second-order valence-electron chi connectivity index (χ2n) is 4.98. The quantitative estimate of drug-likeness (QED) is 0.574. The molecule has 1 aliphatic carbocycles. The first-order chi connectivity index (χ1) is 9.29. The van der Waals surface area contributed by atoms with E-state index in [1.807, 2.05) is 30.3 Å². The van der Waals surface area contributed by atoms with Crippen LogP contribution in [0.25, 0.3) is 0 Å². The van der Waals surface area contributed by atoms with E-state index < -0.39 is 0 Å². The van der Waals surface area contributed by atoms with Crippen LogP contribution in [-0.2, 0) is 15.0 Å². The fourth-order valence-electron chi connectivity index (χ4n) is 2.55. The lowest BCUT2D eigenvalue weighted by molar-refractivity contribution is -0.129. The van der Waals surface area contributed by atoms with Gasteiger partial charge in [-0.05, 0) is 24.8 Å². The molecule has 1 fully saturated rings. The summed E-state index contributed by atoms with van der Waals surface area (Å²) in [5, 5.41) is 5.58. The summed E-state index contributed by atoms with van der Waals surface area (Å²) in [5.41, 5.74) is 0.795. The molecule has 0 saturated heterocycles. The highest BCUT2D eigenvalue weighted by Gasteiger charge is 2.45. The van der Waals surface area contributed by atoms with E-state index in [1.54, 1.807) is 0 Å². The van der Waals surface area contributed by atoms with Crippen LogP contribution in [0.5, 0.6) is 0 Å². The zero-order valence-corrected chi connectivity index (χ0v) is 11.0. The minimum absolute atomic E-state index is 0.121. The number of amides is 2. The monoisotopic (exact) mass is 260 g/mol. The van der Waals surface area contributed by atoms with Gasteiger partial charge in [0.1, 0.15) is 0 Å². The van der Waals surface area contributed by atoms with Crippen LogP contribution in [-0.4, -0.2) is 25.4 Å². The van der Waals surface area contributed by atoms with Crippen molar-refractivity contribution in [2.24, 2.45) is 0 Å². The number of nitrogens with one attached hydrogen (secondary N) is 2. The van der Waals surface area contributed by atoms with Crippen molar-refractivity contribution in [1.29, 1.82) is 0 Å². The molecule has 0 aliphatic heterocycles. The molecule has 2 N–H and O–H groups in total. The van der Waals surface area contributed by atoms with Gasteiger partial charge in [-0.1, -0.05) is 36.8 Å². The van der Waals surface area contributed by atoms with E-state index in [4.69, 9.17) is 0 Å². The predicted molar refractivity (Wildman–Crippen MR) is 73.7 cm³/mol. The Morgan fingerprint density at radius 1 is 1.21 bits per heavy atom. The third-order valence-corrected chi connectivity index (χ3v) is 3.83. The fourth-order valence-corrected chi connectivity index (χ4v) is 2.55. The highest BCUT2D eigenvalue weighted by molar-refractivity contribution is 5.89. The summed E-state index contributed by atoms with van der Waals surface area (Å²) in [6, 6.07) is 10.0. The van der Waals surface area contributed by atoms with Crippen LogP contribution >= 0.6 is 0 Å². The van der Waals surface area contributed by atoms with Gasteiger partial charge < -0.3 is 10.6 Å². The molecule has 0 spiro atoms. The van der Waals surface area contributed by atoms with E-state index in [9.17, 15) is 9.59 Å². The molecule has 102 valence electrons. The fraction of sp³-hybridized carbons (Fsp3) is 0.467. The van der Waals surface area contributed by atoms with E-state index in [2.05, 4.69) is 10.6 Å². The Morgan fingerprint density at radius 3 is 2.53 bits per heavy atom. The average Bonchev–Trinajstić information content (AvgIpc) is 2.38. The Morgan fingerprint density at radius 2 is 1.95 bits per heavy atom. The molecule has 2 rings (SSSR count). The molecule has 0 atom stereocenters. The molecule has 2 amide bonds. The van der Waals surface area contributed by atoms with Crippen LogP contribution in [0, 0.1) is 0 Å². The van der Waals surface area contributed by atoms with Gasteiger partial charge in [-0.15, -0.1) is 0 Å². The van der Waals surface area contributed by atoms with Gasteiger partial charge in [-0.2, -0.15) is 0 Å². The van der Waals surface area contributed by atoms with Gasteiger partial charge >= 0.3 is 0 Å². The topological polar surface area (TPSA) is 58.2 Å². The normalized spacial score (nSPS) is 16.2. The Bertz CT molecular complexity index is 427. The summed E-state index contributed by atoms with van der Waals surface area (Å²) >= 11 is 0.